The number of aliphatic hydroxyl groups is 1. The van der Waals surface area contributed by atoms with Crippen molar-refractivity contribution in [3.05, 3.63) is 35.3 Å². The number of hydrogen-bond acceptors (Lipinski definition) is 2. The van der Waals surface area contributed by atoms with Crippen molar-refractivity contribution in [1.29, 1.82) is 0 Å². The summed E-state index contributed by atoms with van der Waals surface area (Å²) in [7, 11) is 0. The van der Waals surface area contributed by atoms with E-state index in [1.54, 1.807) is 0 Å². The Labute approximate surface area is 111 Å². The highest BCUT2D eigenvalue weighted by Crippen LogP contribution is 2.27. The molecule has 0 saturated carbocycles. The molecule has 102 valence electrons. The van der Waals surface area contributed by atoms with E-state index >= 15 is 0 Å². The van der Waals surface area contributed by atoms with Gasteiger partial charge in [-0.2, -0.15) is 0 Å². The van der Waals surface area contributed by atoms with Gasteiger partial charge in [-0.1, -0.05) is 0 Å². The molecule has 3 rings (SSSR count). The molecule has 3 N–H and O–H groups in total. The van der Waals surface area contributed by atoms with Crippen LogP contribution in [0.4, 0.5) is 4.39 Å². The second kappa shape index (κ2) is 4.94. The lowest BCUT2D eigenvalue weighted by Gasteiger charge is -2.28. The quantitative estimate of drug-likeness (QED) is 0.776. The molecule has 1 aromatic carbocycles. The minimum absolute atomic E-state index is 0.223. The monoisotopic (exact) mass is 262 g/mol. The molecule has 0 bridgehead atoms. The highest BCUT2D eigenvalue weighted by atomic mass is 19.1. The zero-order valence-corrected chi connectivity index (χ0v) is 11.0. The number of aromatic nitrogens is 1. The number of H-pyrrole nitrogens is 1. The van der Waals surface area contributed by atoms with Crippen molar-refractivity contribution in [1.82, 2.24) is 10.3 Å². The van der Waals surface area contributed by atoms with E-state index in [0.717, 1.165) is 42.5 Å². The average molecular weight is 262 g/mol. The van der Waals surface area contributed by atoms with Gasteiger partial charge >= 0.3 is 0 Å². The third-order valence-corrected chi connectivity index (χ3v) is 4.12. The minimum atomic E-state index is -0.244. The van der Waals surface area contributed by atoms with E-state index in [4.69, 9.17) is 0 Å². The highest BCUT2D eigenvalue weighted by Gasteiger charge is 2.24. The van der Waals surface area contributed by atoms with Gasteiger partial charge in [0.25, 0.3) is 0 Å². The molecule has 0 radical (unpaired) electrons. The number of aromatic amines is 1. The van der Waals surface area contributed by atoms with Crippen molar-refractivity contribution in [2.45, 2.75) is 25.9 Å². The first-order chi connectivity index (χ1) is 9.15. The lowest BCUT2D eigenvalue weighted by molar-refractivity contribution is 0.0792. The van der Waals surface area contributed by atoms with Crippen LogP contribution in [-0.2, 0) is 6.42 Å². The van der Waals surface area contributed by atoms with E-state index in [2.05, 4.69) is 10.3 Å². The maximum Gasteiger partial charge on any atom is 0.125 e. The first kappa shape index (κ1) is 12.6. The SMILES string of the molecule is Cc1[nH]c2cc(F)ccc2c1CC1CNCCC1O. The predicted octanol–water partition coefficient (Wildman–Crippen LogP) is 2.13. The Bertz CT molecular complexity index is 593. The van der Waals surface area contributed by atoms with Crippen LogP contribution in [0, 0.1) is 18.7 Å². The van der Waals surface area contributed by atoms with Crippen molar-refractivity contribution in [3.8, 4) is 0 Å². The Balaban J connectivity index is 1.93. The summed E-state index contributed by atoms with van der Waals surface area (Å²) in [5, 5.41) is 14.5. The van der Waals surface area contributed by atoms with E-state index in [0.29, 0.717) is 0 Å². The second-order valence-corrected chi connectivity index (χ2v) is 5.44. The number of piperidine rings is 1. The number of halogens is 1. The number of hydrogen-bond donors (Lipinski definition) is 3. The molecule has 1 aliphatic heterocycles. The number of benzene rings is 1. The topological polar surface area (TPSA) is 48.0 Å². The molecule has 1 aliphatic rings. The molecule has 0 aliphatic carbocycles. The molecular weight excluding hydrogens is 243 g/mol. The van der Waals surface area contributed by atoms with Crippen LogP contribution in [0.5, 0.6) is 0 Å². The summed E-state index contributed by atoms with van der Waals surface area (Å²) in [4.78, 5) is 3.23. The molecule has 1 fully saturated rings. The van der Waals surface area contributed by atoms with Gasteiger partial charge in [-0.15, -0.1) is 0 Å². The summed E-state index contributed by atoms with van der Waals surface area (Å²) < 4.78 is 13.2. The fourth-order valence-corrected chi connectivity index (χ4v) is 3.01. The number of aryl methyl sites for hydroxylation is 1. The fraction of sp³-hybridized carbons (Fsp3) is 0.467. The van der Waals surface area contributed by atoms with Gasteiger partial charge in [-0.05, 0) is 50.1 Å². The van der Waals surface area contributed by atoms with Gasteiger partial charge in [0.05, 0.1) is 6.10 Å². The summed E-state index contributed by atoms with van der Waals surface area (Å²) in [6.07, 6.45) is 1.39. The number of rotatable bonds is 2. The highest BCUT2D eigenvalue weighted by molar-refractivity contribution is 5.84. The minimum Gasteiger partial charge on any atom is -0.393 e. The van der Waals surface area contributed by atoms with Gasteiger partial charge in [-0.25, -0.2) is 4.39 Å². The van der Waals surface area contributed by atoms with Gasteiger partial charge in [0, 0.05) is 29.1 Å². The van der Waals surface area contributed by atoms with Gasteiger partial charge < -0.3 is 15.4 Å². The van der Waals surface area contributed by atoms with Crippen LogP contribution in [0.2, 0.25) is 0 Å². The smallest absolute Gasteiger partial charge is 0.125 e. The van der Waals surface area contributed by atoms with Crippen LogP contribution in [0.1, 0.15) is 17.7 Å². The van der Waals surface area contributed by atoms with Crippen LogP contribution in [0.3, 0.4) is 0 Å². The van der Waals surface area contributed by atoms with Crippen molar-refractivity contribution in [2.24, 2.45) is 5.92 Å². The molecule has 1 aromatic heterocycles. The third kappa shape index (κ3) is 2.38. The molecule has 2 heterocycles. The summed E-state index contributed by atoms with van der Waals surface area (Å²) in [6.45, 7) is 3.74. The van der Waals surface area contributed by atoms with Crippen molar-refractivity contribution in [2.75, 3.05) is 13.1 Å². The van der Waals surface area contributed by atoms with Crippen LogP contribution < -0.4 is 5.32 Å². The Hall–Kier alpha value is -1.39. The largest absolute Gasteiger partial charge is 0.393 e. The zero-order chi connectivity index (χ0) is 13.4. The van der Waals surface area contributed by atoms with Crippen molar-refractivity contribution >= 4 is 10.9 Å². The number of nitrogens with one attached hydrogen (secondary N) is 2. The standard InChI is InChI=1S/C15H19FN2O/c1-9-13(6-10-8-17-5-4-15(10)19)12-3-2-11(16)7-14(12)18-9/h2-3,7,10,15,17-19H,4-6,8H2,1H3. The Kier molecular flexibility index (Phi) is 3.29. The summed E-state index contributed by atoms with van der Waals surface area (Å²) in [6, 6.07) is 4.85. The molecule has 2 unspecified atom stereocenters. The molecule has 3 nitrogen and oxygen atoms in total. The Morgan fingerprint density at radius 2 is 2.26 bits per heavy atom. The van der Waals surface area contributed by atoms with Crippen LogP contribution in [0.15, 0.2) is 18.2 Å². The first-order valence-electron chi connectivity index (χ1n) is 6.80. The van der Waals surface area contributed by atoms with E-state index < -0.39 is 0 Å². The molecule has 0 spiro atoms. The van der Waals surface area contributed by atoms with Gasteiger partial charge in [0.15, 0.2) is 0 Å². The van der Waals surface area contributed by atoms with Crippen molar-refractivity contribution < 1.29 is 9.50 Å². The molecule has 4 heteroatoms. The summed E-state index contributed by atoms with van der Waals surface area (Å²) in [5.41, 5.74) is 3.10. The van der Waals surface area contributed by atoms with E-state index in [1.165, 1.54) is 17.7 Å². The number of aliphatic hydroxyl groups excluding tert-OH is 1. The molecule has 2 atom stereocenters. The second-order valence-electron chi connectivity index (χ2n) is 5.44. The Morgan fingerprint density at radius 3 is 3.05 bits per heavy atom. The molecule has 1 saturated heterocycles. The third-order valence-electron chi connectivity index (χ3n) is 4.12. The molecule has 19 heavy (non-hydrogen) atoms. The normalized spacial score (nSPS) is 23.9. The van der Waals surface area contributed by atoms with Gasteiger partial charge in [0.2, 0.25) is 0 Å². The lowest BCUT2D eigenvalue weighted by atomic mass is 9.89. The molecule has 2 aromatic rings. The molecule has 0 amide bonds. The predicted molar refractivity (Wildman–Crippen MR) is 73.7 cm³/mol. The van der Waals surface area contributed by atoms with E-state index in [-0.39, 0.29) is 17.8 Å². The first-order valence-corrected chi connectivity index (χ1v) is 6.80. The zero-order valence-electron chi connectivity index (χ0n) is 11.0. The summed E-state index contributed by atoms with van der Waals surface area (Å²) in [5.74, 6) is 0.0103. The maximum absolute atomic E-state index is 13.2. The van der Waals surface area contributed by atoms with Gasteiger partial charge in [-0.3, -0.25) is 0 Å². The lowest BCUT2D eigenvalue weighted by Crippen LogP contribution is -2.40. The van der Waals surface area contributed by atoms with E-state index in [9.17, 15) is 9.50 Å². The molecular formula is C15H19FN2O. The van der Waals surface area contributed by atoms with Gasteiger partial charge in [0.1, 0.15) is 5.82 Å². The Morgan fingerprint density at radius 1 is 1.42 bits per heavy atom. The van der Waals surface area contributed by atoms with Crippen molar-refractivity contribution in [3.63, 3.8) is 0 Å². The average Bonchev–Trinajstić information content (AvgIpc) is 2.68. The van der Waals surface area contributed by atoms with Crippen LogP contribution >= 0.6 is 0 Å². The number of fused-ring (bicyclic) bond motifs is 1. The van der Waals surface area contributed by atoms with Crippen LogP contribution in [-0.4, -0.2) is 29.3 Å². The fourth-order valence-electron chi connectivity index (χ4n) is 3.01. The van der Waals surface area contributed by atoms with E-state index in [1.807, 2.05) is 13.0 Å². The maximum atomic E-state index is 13.2. The summed E-state index contributed by atoms with van der Waals surface area (Å²) >= 11 is 0. The van der Waals surface area contributed by atoms with Crippen LogP contribution in [0.25, 0.3) is 10.9 Å².